The van der Waals surface area contributed by atoms with Gasteiger partial charge in [-0.2, -0.15) is 4.98 Å². The van der Waals surface area contributed by atoms with Gasteiger partial charge in [-0.25, -0.2) is 0 Å². The van der Waals surface area contributed by atoms with Crippen LogP contribution in [0.15, 0.2) is 35.2 Å². The molecule has 0 aliphatic heterocycles. The molecule has 1 aromatic carbocycles. The molecule has 0 saturated heterocycles. The maximum atomic E-state index is 9.82. The van der Waals surface area contributed by atoms with E-state index in [0.717, 1.165) is 11.3 Å². The molecule has 0 aliphatic rings. The summed E-state index contributed by atoms with van der Waals surface area (Å²) in [6.07, 6.45) is 1.42. The van der Waals surface area contributed by atoms with Gasteiger partial charge in [-0.15, -0.1) is 0 Å². The van der Waals surface area contributed by atoms with E-state index >= 15 is 0 Å². The van der Waals surface area contributed by atoms with Crippen molar-refractivity contribution >= 4 is 0 Å². The summed E-state index contributed by atoms with van der Waals surface area (Å²) < 4.78 is 10.2. The number of hydrogen-bond donors (Lipinski definition) is 2. The highest BCUT2D eigenvalue weighted by Crippen LogP contribution is 2.16. The lowest BCUT2D eigenvalue weighted by molar-refractivity contribution is 0.106. The van der Waals surface area contributed by atoms with Gasteiger partial charge in [0.15, 0.2) is 5.82 Å². The third-order valence-corrected chi connectivity index (χ3v) is 2.84. The second kappa shape index (κ2) is 7.62. The number of hydrogen-bond acceptors (Lipinski definition) is 6. The average molecular weight is 277 g/mol. The van der Waals surface area contributed by atoms with Crippen molar-refractivity contribution < 1.29 is 14.4 Å². The lowest BCUT2D eigenvalue weighted by Crippen LogP contribution is -2.32. The van der Waals surface area contributed by atoms with Crippen LogP contribution in [-0.4, -0.2) is 41.0 Å². The minimum Gasteiger partial charge on any atom is -0.491 e. The van der Waals surface area contributed by atoms with Crippen LogP contribution in [0.5, 0.6) is 5.75 Å². The van der Waals surface area contributed by atoms with Gasteiger partial charge in [-0.1, -0.05) is 23.4 Å². The third kappa shape index (κ3) is 4.64. The first-order valence-corrected chi connectivity index (χ1v) is 6.58. The van der Waals surface area contributed by atoms with Gasteiger partial charge in [0.1, 0.15) is 18.5 Å². The first-order chi connectivity index (χ1) is 9.75. The van der Waals surface area contributed by atoms with Gasteiger partial charge >= 0.3 is 0 Å². The number of rotatable bonds is 8. The number of aliphatic hydroxyl groups excluding tert-OH is 1. The zero-order chi connectivity index (χ0) is 14.2. The predicted octanol–water partition coefficient (Wildman–Crippen LogP) is 0.950. The van der Waals surface area contributed by atoms with Crippen LogP contribution in [0.3, 0.4) is 0 Å². The van der Waals surface area contributed by atoms with E-state index in [9.17, 15) is 5.11 Å². The van der Waals surface area contributed by atoms with E-state index in [1.165, 1.54) is 6.39 Å². The van der Waals surface area contributed by atoms with E-state index in [0.29, 0.717) is 25.3 Å². The Balaban J connectivity index is 1.61. The molecule has 1 unspecified atom stereocenters. The topological polar surface area (TPSA) is 80.4 Å². The lowest BCUT2D eigenvalue weighted by atomic mass is 10.2. The molecule has 0 amide bonds. The van der Waals surface area contributed by atoms with E-state index in [4.69, 9.17) is 4.74 Å². The number of nitrogens with one attached hydrogen (secondary N) is 1. The highest BCUT2D eigenvalue weighted by atomic mass is 16.5. The monoisotopic (exact) mass is 277 g/mol. The fourth-order valence-corrected chi connectivity index (χ4v) is 1.73. The maximum absolute atomic E-state index is 9.82. The molecule has 0 aliphatic carbocycles. The summed E-state index contributed by atoms with van der Waals surface area (Å²) in [5.74, 6) is 1.46. The van der Waals surface area contributed by atoms with Crippen LogP contribution >= 0.6 is 0 Å². The van der Waals surface area contributed by atoms with Gasteiger partial charge in [-0.05, 0) is 18.6 Å². The SMILES string of the molecule is Cc1ccccc1OCC(O)CNCCc1ncon1. The molecule has 108 valence electrons. The zero-order valence-corrected chi connectivity index (χ0v) is 11.5. The molecule has 0 fully saturated rings. The van der Waals surface area contributed by atoms with Crippen molar-refractivity contribution in [2.45, 2.75) is 19.4 Å². The smallest absolute Gasteiger partial charge is 0.213 e. The second-order valence-electron chi connectivity index (χ2n) is 4.53. The molecule has 6 nitrogen and oxygen atoms in total. The number of nitrogens with zero attached hydrogens (tertiary/aromatic N) is 2. The second-order valence-corrected chi connectivity index (χ2v) is 4.53. The van der Waals surface area contributed by atoms with Crippen LogP contribution in [0.4, 0.5) is 0 Å². The molecule has 1 atom stereocenters. The third-order valence-electron chi connectivity index (χ3n) is 2.84. The highest BCUT2D eigenvalue weighted by molar-refractivity contribution is 5.31. The standard InChI is InChI=1S/C14H19N3O3/c1-11-4-2-3-5-13(11)19-9-12(18)8-15-7-6-14-16-10-20-17-14/h2-5,10,12,15,18H,6-9H2,1H3. The highest BCUT2D eigenvalue weighted by Gasteiger charge is 2.06. The number of aliphatic hydroxyl groups is 1. The van der Waals surface area contributed by atoms with E-state index in [1.807, 2.05) is 31.2 Å². The van der Waals surface area contributed by atoms with Crippen LogP contribution < -0.4 is 10.1 Å². The first kappa shape index (κ1) is 14.5. The molecule has 2 N–H and O–H groups in total. The Morgan fingerprint density at radius 2 is 2.25 bits per heavy atom. The zero-order valence-electron chi connectivity index (χ0n) is 11.5. The molecule has 20 heavy (non-hydrogen) atoms. The summed E-state index contributed by atoms with van der Waals surface area (Å²) in [6, 6.07) is 7.74. The van der Waals surface area contributed by atoms with Gasteiger partial charge in [-0.3, -0.25) is 0 Å². The van der Waals surface area contributed by atoms with Crippen LogP contribution in [0.25, 0.3) is 0 Å². The molecule has 1 heterocycles. The van der Waals surface area contributed by atoms with Crippen molar-refractivity contribution in [1.29, 1.82) is 0 Å². The summed E-state index contributed by atoms with van der Waals surface area (Å²) >= 11 is 0. The number of ether oxygens (including phenoxy) is 1. The van der Waals surface area contributed by atoms with E-state index < -0.39 is 6.10 Å². The molecular weight excluding hydrogens is 258 g/mol. The normalized spacial score (nSPS) is 12.3. The van der Waals surface area contributed by atoms with Gasteiger partial charge in [0.25, 0.3) is 0 Å². The summed E-state index contributed by atoms with van der Waals surface area (Å²) in [7, 11) is 0. The number of benzene rings is 1. The Morgan fingerprint density at radius 3 is 3.00 bits per heavy atom. The predicted molar refractivity (Wildman–Crippen MR) is 73.6 cm³/mol. The fraction of sp³-hybridized carbons (Fsp3) is 0.429. The Kier molecular flexibility index (Phi) is 5.52. The minimum absolute atomic E-state index is 0.264. The Bertz CT molecular complexity index is 502. The van der Waals surface area contributed by atoms with E-state index in [-0.39, 0.29) is 6.61 Å². The summed E-state index contributed by atoms with van der Waals surface area (Å²) in [6.45, 7) is 3.38. The Labute approximate surface area is 117 Å². The lowest BCUT2D eigenvalue weighted by Gasteiger charge is -2.14. The quantitative estimate of drug-likeness (QED) is 0.699. The Morgan fingerprint density at radius 1 is 1.40 bits per heavy atom. The van der Waals surface area contributed by atoms with Gasteiger partial charge in [0, 0.05) is 19.5 Å². The minimum atomic E-state index is -0.556. The summed E-state index contributed by atoms with van der Waals surface area (Å²) in [5.41, 5.74) is 1.06. The van der Waals surface area contributed by atoms with Crippen molar-refractivity contribution in [2.75, 3.05) is 19.7 Å². The van der Waals surface area contributed by atoms with Gasteiger partial charge in [0.2, 0.25) is 6.39 Å². The van der Waals surface area contributed by atoms with Crippen molar-refractivity contribution in [3.8, 4) is 5.75 Å². The van der Waals surface area contributed by atoms with Crippen LogP contribution in [-0.2, 0) is 6.42 Å². The van der Waals surface area contributed by atoms with Crippen molar-refractivity contribution in [2.24, 2.45) is 0 Å². The first-order valence-electron chi connectivity index (χ1n) is 6.58. The molecule has 1 aromatic heterocycles. The van der Waals surface area contributed by atoms with Gasteiger partial charge in [0.05, 0.1) is 0 Å². The van der Waals surface area contributed by atoms with E-state index in [2.05, 4.69) is 20.0 Å². The maximum Gasteiger partial charge on any atom is 0.213 e. The molecule has 0 spiro atoms. The van der Waals surface area contributed by atoms with Gasteiger partial charge < -0.3 is 19.7 Å². The van der Waals surface area contributed by atoms with Crippen molar-refractivity contribution in [3.05, 3.63) is 42.0 Å². The summed E-state index contributed by atoms with van der Waals surface area (Å²) in [5, 5.41) is 16.6. The summed E-state index contributed by atoms with van der Waals surface area (Å²) in [4.78, 5) is 3.91. The molecule has 6 heteroatoms. The van der Waals surface area contributed by atoms with Crippen LogP contribution in [0.1, 0.15) is 11.4 Å². The molecule has 0 bridgehead atoms. The van der Waals surface area contributed by atoms with Crippen LogP contribution in [0, 0.1) is 6.92 Å². The van der Waals surface area contributed by atoms with Crippen LogP contribution in [0.2, 0.25) is 0 Å². The number of para-hydroxylation sites is 1. The van der Waals surface area contributed by atoms with E-state index in [1.54, 1.807) is 0 Å². The van der Waals surface area contributed by atoms with Crippen molar-refractivity contribution in [3.63, 3.8) is 0 Å². The molecule has 0 saturated carbocycles. The molecule has 2 rings (SSSR count). The molecule has 2 aromatic rings. The largest absolute Gasteiger partial charge is 0.491 e. The van der Waals surface area contributed by atoms with Crippen molar-refractivity contribution in [1.82, 2.24) is 15.5 Å². The molecule has 0 radical (unpaired) electrons. The number of aromatic nitrogens is 2. The number of aryl methyl sites for hydroxylation is 1. The fourth-order valence-electron chi connectivity index (χ4n) is 1.73. The molecular formula is C14H19N3O3. The Hall–Kier alpha value is -1.92. The average Bonchev–Trinajstić information content (AvgIpc) is 2.96.